The zero-order valence-corrected chi connectivity index (χ0v) is 61.9. The molecule has 1 radical (unpaired) electrons. The summed E-state index contributed by atoms with van der Waals surface area (Å²) in [6.07, 6.45) is 0. The monoisotopic (exact) mass is 1600 g/mol. The number of fused-ring (bicyclic) bond motifs is 24. The van der Waals surface area contributed by atoms with Crippen LogP contribution in [0, 0.1) is 58.2 Å². The van der Waals surface area contributed by atoms with Crippen molar-refractivity contribution in [1.29, 1.82) is 0 Å². The second-order valence-corrected chi connectivity index (χ2v) is 28.8. The molecule has 559 valence electrons. The van der Waals surface area contributed by atoms with E-state index in [0.29, 0.717) is 10.9 Å². The summed E-state index contributed by atoms with van der Waals surface area (Å²) in [7, 11) is -0.196. The second kappa shape index (κ2) is 27.9. The average Bonchev–Trinajstić information content (AvgIpc) is 1.51. The van der Waals surface area contributed by atoms with Crippen molar-refractivity contribution in [3.63, 3.8) is 0 Å². The van der Waals surface area contributed by atoms with Gasteiger partial charge < -0.3 is 37.1 Å². The summed E-state index contributed by atoms with van der Waals surface area (Å²) in [6.45, 7) is 0. The fraction of sp³-hybridized carbons (Fsp3) is 0. The average molecular weight is 1600 g/mol. The van der Waals surface area contributed by atoms with E-state index in [9.17, 15) is 35.1 Å². The largest absolute Gasteiger partial charge is 0.569 e. The molecule has 0 aliphatic carbocycles. The van der Waals surface area contributed by atoms with E-state index in [2.05, 4.69) is 242 Å². The van der Waals surface area contributed by atoms with E-state index >= 15 is 8.78 Å². The molecule has 0 saturated carbocycles. The minimum Gasteiger partial charge on any atom is -0.533 e. The lowest BCUT2D eigenvalue weighted by Crippen LogP contribution is -2.09. The molecule has 0 amide bonds. The lowest BCUT2D eigenvalue weighted by Gasteiger charge is -2.13. The van der Waals surface area contributed by atoms with E-state index in [-0.39, 0.29) is 13.2 Å². The number of hydrogen-bond donors (Lipinski definition) is 1. The number of halogens is 11. The summed E-state index contributed by atoms with van der Waals surface area (Å²) < 4.78 is 156. The molecule has 0 spiro atoms. The van der Waals surface area contributed by atoms with Gasteiger partial charge in [-0.3, -0.25) is 0 Å². The second-order valence-electron chi connectivity index (χ2n) is 27.9. The lowest BCUT2D eigenvalue weighted by atomic mass is 9.98. The summed E-state index contributed by atoms with van der Waals surface area (Å²) in [5, 5.41) is 20.7. The van der Waals surface area contributed by atoms with Gasteiger partial charge in [0.15, 0.2) is 29.0 Å². The molecule has 0 aliphatic heterocycles. The first kappa shape index (κ1) is 71.0. The molecule has 116 heavy (non-hydrogen) atoms. The molecule has 8 nitrogen and oxygen atoms in total. The third kappa shape index (κ3) is 10.7. The predicted octanol–water partition coefficient (Wildman–Crippen LogP) is 26.4. The van der Waals surface area contributed by atoms with Crippen LogP contribution in [0.4, 0.5) is 43.9 Å². The maximum Gasteiger partial charge on any atom is 0.569 e. The van der Waals surface area contributed by atoms with E-state index < -0.39 is 69.5 Å². The van der Waals surface area contributed by atoms with Crippen LogP contribution in [0.5, 0.6) is 5.75 Å². The first-order valence-electron chi connectivity index (χ1n) is 36.8. The van der Waals surface area contributed by atoms with Gasteiger partial charge in [0.1, 0.15) is 0 Å². The Kier molecular flexibility index (Phi) is 17.1. The molecule has 0 aliphatic rings. The molecule has 0 unspecified atom stereocenters. The van der Waals surface area contributed by atoms with Crippen molar-refractivity contribution in [2.75, 3.05) is 0 Å². The Balaban J connectivity index is 0.000000130. The number of benzene rings is 16. The maximum atomic E-state index is 15.6. The maximum absolute atomic E-state index is 15.6. The molecule has 0 saturated heterocycles. The van der Waals surface area contributed by atoms with Crippen LogP contribution in [0.25, 0.3) is 176 Å². The van der Waals surface area contributed by atoms with E-state index in [1.165, 1.54) is 71.5 Å². The van der Waals surface area contributed by atoms with Crippen molar-refractivity contribution in [3.05, 3.63) is 378 Å². The first-order chi connectivity index (χ1) is 56.7. The Hall–Kier alpha value is -14.1. The van der Waals surface area contributed by atoms with Gasteiger partial charge in [-0.1, -0.05) is 204 Å². The Morgan fingerprint density at radius 2 is 0.457 bits per heavy atom. The van der Waals surface area contributed by atoms with Crippen molar-refractivity contribution in [2.24, 2.45) is 0 Å². The Bertz CT molecular complexity index is 7650. The molecule has 16 aromatic carbocycles. The van der Waals surface area contributed by atoms with E-state index in [1.807, 2.05) is 103 Å². The third-order valence-corrected chi connectivity index (χ3v) is 22.2. The van der Waals surface area contributed by atoms with Gasteiger partial charge in [-0.2, -0.15) is 8.78 Å². The quantitative estimate of drug-likeness (QED) is 0.0678. The number of para-hydroxylation sites is 10. The standard InChI is InChI=1S/C48H26F5N3.C42H26BrN3.C6HBF5O2/c49-41-37(42(50)44(52)45(53)43(41)51)27-24-25-36-33(26-27)40-47-38(32-21-11-13-23-35(32)55(47)29-16-6-2-7-17-29)46-39(48(40)56(36)30-18-8-3-9-19-30)31-20-10-12-22-34(31)54(46)28-14-4-1-5-15-28;43-27-24-25-36-33(26-27)39-41-37(32-21-11-13-23-35(32)45(41)29-16-6-2-7-17-29)40-38(42(39)46(36)30-18-8-3-9-19-30)31-20-10-12-22-34(31)44(40)28-14-4-1-5-15-28;8-1-2(9)4(11)6(14-7-13)5(12)3(1)10/h1-26H;1-26H;13H. The summed E-state index contributed by atoms with van der Waals surface area (Å²) in [4.78, 5) is 0. The van der Waals surface area contributed by atoms with E-state index in [4.69, 9.17) is 5.02 Å². The number of aromatic nitrogens is 6. The van der Waals surface area contributed by atoms with Gasteiger partial charge in [-0.15, -0.1) is 0 Å². The van der Waals surface area contributed by atoms with Crippen molar-refractivity contribution in [3.8, 4) is 51.0 Å². The highest BCUT2D eigenvalue weighted by Crippen LogP contribution is 2.54. The normalized spacial score (nSPS) is 11.8. The van der Waals surface area contributed by atoms with Crippen LogP contribution in [-0.2, 0) is 0 Å². The molecule has 6 aromatic heterocycles. The van der Waals surface area contributed by atoms with Gasteiger partial charge in [0.2, 0.25) is 34.9 Å². The number of nitrogens with zero attached hydrogens (tertiary/aromatic N) is 6. The van der Waals surface area contributed by atoms with Gasteiger partial charge in [0.25, 0.3) is 0 Å². The highest BCUT2D eigenvalue weighted by atomic mass is 79.9. The van der Waals surface area contributed by atoms with Crippen LogP contribution < -0.4 is 4.65 Å². The number of hydrogen-bond acceptors (Lipinski definition) is 2. The van der Waals surface area contributed by atoms with Crippen molar-refractivity contribution < 1.29 is 53.6 Å². The van der Waals surface area contributed by atoms with Crippen molar-refractivity contribution >= 4 is 154 Å². The SMILES string of the molecule is Brc1ccc2c(c1)c1c3c(c4ccccc4n3-c3ccccc3)c3c(c4ccccc4n3-c3ccccc3)c1n2-c1ccccc1.Fc1c(F)c(F)c(-c2ccc3c(c2)c2c4c(c5ccccc5n4-c4ccccc4)c4c(c5ccccc5n4-c4ccccc4)c2n3-c2ccccc2)c(F)c1F.O[B]Oc1c(F)c(F)c(F)c(F)c1F. The predicted molar refractivity (Wildman–Crippen MR) is 447 cm³/mol. The van der Waals surface area contributed by atoms with Crippen LogP contribution in [-0.4, -0.2) is 40.1 Å². The van der Waals surface area contributed by atoms with Crippen LogP contribution in [0.2, 0.25) is 0 Å². The minimum atomic E-state index is -2.29. The molecule has 22 rings (SSSR count). The van der Waals surface area contributed by atoms with Gasteiger partial charge in [-0.25, -0.2) is 35.1 Å². The lowest BCUT2D eigenvalue weighted by molar-refractivity contribution is 0.338. The zero-order chi connectivity index (χ0) is 79.1. The van der Waals surface area contributed by atoms with Gasteiger partial charge in [0, 0.05) is 103 Å². The minimum absolute atomic E-state index is 0.139. The van der Waals surface area contributed by atoms with Crippen LogP contribution in [0.3, 0.4) is 0 Å². The molecule has 6 heterocycles. The Labute approximate surface area is 660 Å². The summed E-state index contributed by atoms with van der Waals surface area (Å²) in [5.41, 5.74) is 17.4. The van der Waals surface area contributed by atoms with Gasteiger partial charge in [0.05, 0.1) is 71.8 Å². The molecule has 0 fully saturated rings. The van der Waals surface area contributed by atoms with Crippen molar-refractivity contribution in [1.82, 2.24) is 27.4 Å². The van der Waals surface area contributed by atoms with Gasteiger partial charge >= 0.3 is 7.69 Å². The summed E-state index contributed by atoms with van der Waals surface area (Å²) in [6, 6.07) is 108. The van der Waals surface area contributed by atoms with E-state index in [1.54, 1.807) is 12.1 Å². The highest BCUT2D eigenvalue weighted by Gasteiger charge is 2.34. The zero-order valence-electron chi connectivity index (χ0n) is 60.3. The Morgan fingerprint density at radius 1 is 0.233 bits per heavy atom. The topological polar surface area (TPSA) is 59.0 Å². The third-order valence-electron chi connectivity index (χ3n) is 21.7. The highest BCUT2D eigenvalue weighted by molar-refractivity contribution is 9.10. The molecule has 0 bridgehead atoms. The van der Waals surface area contributed by atoms with Crippen LogP contribution in [0.1, 0.15) is 0 Å². The fourth-order valence-corrected chi connectivity index (χ4v) is 17.6. The molecular formula is C96H53BBrF10N6O2. The summed E-state index contributed by atoms with van der Waals surface area (Å²) >= 11 is 3.85. The van der Waals surface area contributed by atoms with Crippen molar-refractivity contribution in [2.45, 2.75) is 0 Å². The molecular weight excluding hydrogens is 1550 g/mol. The van der Waals surface area contributed by atoms with Crippen LogP contribution >= 0.6 is 15.9 Å². The molecule has 1 N–H and O–H groups in total. The van der Waals surface area contributed by atoms with E-state index in [0.717, 1.165) is 93.1 Å². The smallest absolute Gasteiger partial charge is 0.533 e. The first-order valence-corrected chi connectivity index (χ1v) is 37.6. The fourth-order valence-electron chi connectivity index (χ4n) is 17.2. The summed E-state index contributed by atoms with van der Waals surface area (Å²) in [5.74, 6) is -22.4. The number of rotatable bonds is 9. The molecule has 20 heteroatoms. The van der Waals surface area contributed by atoms with Gasteiger partial charge in [-0.05, 0) is 133 Å². The van der Waals surface area contributed by atoms with Crippen LogP contribution in [0.15, 0.2) is 320 Å². The molecule has 22 aromatic rings. The Morgan fingerprint density at radius 3 is 0.741 bits per heavy atom. The molecule has 0 atom stereocenters.